The predicted molar refractivity (Wildman–Crippen MR) is 502 cm³/mol. The first-order valence-electron chi connectivity index (χ1n) is 38.2. The zero-order valence-electron chi connectivity index (χ0n) is 69.3. The molecule has 0 saturated heterocycles. The number of aliphatic carboxylic acids is 1. The first kappa shape index (κ1) is 109. The number of phenols is 3. The van der Waals surface area contributed by atoms with Crippen LogP contribution in [-0.4, -0.2) is 95.3 Å². The zero-order chi connectivity index (χ0) is 96.6. The summed E-state index contributed by atoms with van der Waals surface area (Å²) in [6.07, 6.45) is -21.8. The van der Waals surface area contributed by atoms with Crippen molar-refractivity contribution in [1.82, 2.24) is 46.8 Å². The number of ketones is 1. The van der Waals surface area contributed by atoms with Gasteiger partial charge in [-0.2, -0.15) is 87.7 Å². The number of hydrogen-bond donors (Lipinski definition) is 6. The Morgan fingerprint density at radius 2 is 0.519 bits per heavy atom. The lowest BCUT2D eigenvalue weighted by Crippen LogP contribution is -2.37. The number of carboxylic acid groups (broad SMARTS) is 1. The molecule has 0 aliphatic heterocycles. The van der Waals surface area contributed by atoms with Crippen molar-refractivity contribution in [3.63, 3.8) is 0 Å². The lowest BCUT2D eigenvalue weighted by Gasteiger charge is -2.23. The van der Waals surface area contributed by atoms with Crippen LogP contribution in [0.1, 0.15) is 102 Å². The van der Waals surface area contributed by atoms with Crippen molar-refractivity contribution in [3.8, 4) is 85.7 Å². The van der Waals surface area contributed by atoms with Crippen molar-refractivity contribution < 1.29 is 110 Å². The summed E-state index contributed by atoms with van der Waals surface area (Å²) < 4.78 is 220. The van der Waals surface area contributed by atoms with Gasteiger partial charge in [-0.15, -0.1) is 59.7 Å². The minimum Gasteiger partial charge on any atom is -0.508 e. The number of aliphatic hydroxyl groups excluding tert-OH is 1. The number of thioether (sulfide) groups is 4. The lowest BCUT2D eigenvalue weighted by molar-refractivity contribution is -0.152. The van der Waals surface area contributed by atoms with Crippen molar-refractivity contribution in [2.75, 3.05) is 0 Å². The van der Waals surface area contributed by atoms with Crippen molar-refractivity contribution in [1.29, 1.82) is 0 Å². The molecule has 10 aromatic carbocycles. The molecule has 0 unspecified atom stereocenters. The monoisotopic (exact) mass is 2060 g/mol. The van der Waals surface area contributed by atoms with E-state index < -0.39 is 75.9 Å². The Balaban J connectivity index is 0.000000204. The SMILES string of the molecule is C.C.CC(=O)C(C)(C)Oc1ccc(SCc2nc(-c3ccc(C(F)(F)F)cc3)ns2)cc1.CC(C)(Oc1ccc(SCc2nc(-c3ccc(C(F)(F)F)cc3)ns2)cc1)C(=O)O.OCc1nc(-c2ccc(C(F)(F)F)cc2)ns1.Oc1ccc(S)cc1.Oc1ccc(SCc2nc(-c3ccc(C(F)(F)F)cc3)ns2)cc1.Oc1ccc(SCc2nc(-c3ccc(C(F)(F)F)cc3)ns2)cc1. The minimum atomic E-state index is -4.38. The van der Waals surface area contributed by atoms with Gasteiger partial charge < -0.3 is 35.0 Å². The van der Waals surface area contributed by atoms with Crippen molar-refractivity contribution >= 4 is 129 Å². The fourth-order valence-corrected chi connectivity index (χ4v) is 17.0. The Hall–Kier alpha value is -11.2. The van der Waals surface area contributed by atoms with Crippen LogP contribution in [0.3, 0.4) is 0 Å². The highest BCUT2D eigenvalue weighted by Gasteiger charge is 2.35. The number of rotatable bonds is 24. The number of carboxylic acids is 1. The molecule has 0 radical (unpaired) electrons. The number of carbonyl (C=O) groups excluding carboxylic acids is 1. The van der Waals surface area contributed by atoms with Crippen LogP contribution in [0.25, 0.3) is 56.9 Å². The molecule has 0 aliphatic carbocycles. The second kappa shape index (κ2) is 49.0. The van der Waals surface area contributed by atoms with Crippen molar-refractivity contribution in [2.24, 2.45) is 0 Å². The van der Waals surface area contributed by atoms with E-state index in [1.54, 1.807) is 146 Å². The maximum atomic E-state index is 12.7. The molecular formula is C91H79F15N10O9S10. The number of thiol groups is 1. The van der Waals surface area contributed by atoms with Crippen LogP contribution < -0.4 is 9.47 Å². The number of nitrogens with zero attached hydrogens (tertiary/aromatic N) is 10. The summed E-state index contributed by atoms with van der Waals surface area (Å²) in [4.78, 5) is 49.0. The highest BCUT2D eigenvalue weighted by atomic mass is 32.2. The van der Waals surface area contributed by atoms with Crippen LogP contribution >= 0.6 is 117 Å². The first-order chi connectivity index (χ1) is 62.7. The zero-order valence-corrected chi connectivity index (χ0v) is 77.5. The van der Waals surface area contributed by atoms with Crippen LogP contribution in [-0.2, 0) is 70.1 Å². The molecule has 0 amide bonds. The summed E-state index contributed by atoms with van der Waals surface area (Å²) in [7, 11) is 0. The van der Waals surface area contributed by atoms with E-state index in [1.807, 2.05) is 24.3 Å². The molecule has 0 saturated carbocycles. The van der Waals surface area contributed by atoms with E-state index in [9.17, 15) is 85.7 Å². The second-order valence-electron chi connectivity index (χ2n) is 28.3. The number of hydrogen-bond acceptors (Lipinski definition) is 28. The minimum absolute atomic E-state index is 0. The summed E-state index contributed by atoms with van der Waals surface area (Å²) >= 11 is 16.1. The number of ether oxygens (including phenoxy) is 2. The molecule has 0 spiro atoms. The van der Waals surface area contributed by atoms with E-state index in [4.69, 9.17) is 24.8 Å². The number of aromatic nitrogens is 10. The number of aliphatic hydroxyl groups is 1. The lowest BCUT2D eigenvalue weighted by atomic mass is 10.1. The van der Waals surface area contributed by atoms with Gasteiger partial charge >= 0.3 is 36.9 Å². The van der Waals surface area contributed by atoms with Gasteiger partial charge in [0.1, 0.15) is 53.8 Å². The normalized spacial score (nSPS) is 11.5. The third-order valence-electron chi connectivity index (χ3n) is 17.6. The Bertz CT molecular complexity index is 5890. The average Bonchev–Trinajstić information content (AvgIpc) is 1.79. The van der Waals surface area contributed by atoms with E-state index in [0.29, 0.717) is 96.5 Å². The number of carbonyl (C=O) groups is 2. The van der Waals surface area contributed by atoms with Gasteiger partial charge in [0.2, 0.25) is 0 Å². The van der Waals surface area contributed by atoms with Gasteiger partial charge in [0.25, 0.3) is 0 Å². The van der Waals surface area contributed by atoms with E-state index in [1.165, 1.54) is 139 Å². The molecule has 15 aromatic rings. The van der Waals surface area contributed by atoms with Gasteiger partial charge in [-0.3, -0.25) is 4.79 Å². The van der Waals surface area contributed by atoms with E-state index in [0.717, 1.165) is 117 Å². The van der Waals surface area contributed by atoms with Crippen molar-refractivity contribution in [2.45, 2.75) is 146 Å². The topological polar surface area (TPSA) is 283 Å². The summed E-state index contributed by atoms with van der Waals surface area (Å²) in [6.45, 7) is 7.66. The van der Waals surface area contributed by atoms with Crippen LogP contribution in [0.4, 0.5) is 65.9 Å². The van der Waals surface area contributed by atoms with Gasteiger partial charge in [-0.05, 0) is 274 Å². The number of Topliss-reactive ketones (excluding diaryl/α,β-unsaturated/α-hetero) is 1. The van der Waals surface area contributed by atoms with Gasteiger partial charge in [0, 0.05) is 52.3 Å². The molecule has 15 rings (SSSR count). The Kier molecular flexibility index (Phi) is 39.6. The first-order valence-corrected chi connectivity index (χ1v) is 46.5. The number of aromatic hydroxyl groups is 3. The van der Waals surface area contributed by atoms with Gasteiger partial charge in [0.05, 0.1) is 57.4 Å². The number of alkyl halides is 15. The molecule has 5 aromatic heterocycles. The largest absolute Gasteiger partial charge is 0.508 e. The van der Waals surface area contributed by atoms with Crippen molar-refractivity contribution in [3.05, 3.63) is 296 Å². The van der Waals surface area contributed by atoms with Gasteiger partial charge in [-0.25, -0.2) is 29.7 Å². The molecule has 5 heterocycles. The molecular weight excluding hydrogens is 1980 g/mol. The third-order valence-corrected chi connectivity index (χ3v) is 26.2. The molecule has 712 valence electrons. The average molecular weight is 2060 g/mol. The Morgan fingerprint density at radius 3 is 0.711 bits per heavy atom. The summed E-state index contributed by atoms with van der Waals surface area (Å²) in [5.74, 6) is 4.96. The highest BCUT2D eigenvalue weighted by molar-refractivity contribution is 7.99. The second-order valence-corrected chi connectivity index (χ2v) is 37.2. The Morgan fingerprint density at radius 1 is 0.319 bits per heavy atom. The van der Waals surface area contributed by atoms with Crippen LogP contribution in [0.5, 0.6) is 28.7 Å². The fraction of sp³-hybridized carbons (Fsp3) is 0.209. The van der Waals surface area contributed by atoms with E-state index in [2.05, 4.69) is 59.4 Å². The molecule has 0 aliphatic rings. The number of benzene rings is 10. The molecule has 44 heteroatoms. The standard InChI is InChI=1S/C21H19F3N2O2S2.C20H17F3N2O3S2.2C16H11F3N2OS2.C10H7F3N2OS.C6H6OS.2CH4/c1-13(27)20(2,3)28-16-8-10-17(11-9-16)29-12-18-25-19(26-30-18)14-4-6-15(7-5-14)21(22,23)24;1-19(2,18(26)27)28-14-7-9-15(10-8-14)29-11-16-24-17(25-30-16)12-3-5-13(6-4-12)20(21,22)23;2*17-16(18,19)11-3-1-10(2-4-11)15-20-14(24-21-15)9-23-13-7-5-12(22)6-8-13;11-10(12,13)7-3-1-6(2-4-7)9-14-8(5-16)17-15-9;7-5-1-3-6(8)4-2-5;;/h4-11H,12H2,1-3H3;3-10H,11H2,1-2H3,(H,26,27);2*1-8,22H,9H2;1-4,16H,5H2;1-4,7-8H;2*1H4. The summed E-state index contributed by atoms with van der Waals surface area (Å²) in [6, 6.07) is 58.5. The van der Waals surface area contributed by atoms with Gasteiger partial charge in [-0.1, -0.05) is 75.5 Å². The molecule has 0 fully saturated rings. The molecule has 19 nitrogen and oxygen atoms in total. The fourth-order valence-electron chi connectivity index (χ4n) is 10.2. The molecule has 0 bridgehead atoms. The van der Waals surface area contributed by atoms with E-state index in [-0.39, 0.29) is 44.5 Å². The molecule has 135 heavy (non-hydrogen) atoms. The number of halogens is 15. The number of phenolic OH excluding ortho intramolecular Hbond substituents is 3. The van der Waals surface area contributed by atoms with Crippen LogP contribution in [0, 0.1) is 0 Å². The van der Waals surface area contributed by atoms with Gasteiger partial charge in [0.15, 0.2) is 46.1 Å². The highest BCUT2D eigenvalue weighted by Crippen LogP contribution is 2.40. The molecule has 5 N–H and O–H groups in total. The van der Waals surface area contributed by atoms with E-state index >= 15 is 0 Å². The Labute approximate surface area is 807 Å². The van der Waals surface area contributed by atoms with Crippen LogP contribution in [0.15, 0.2) is 267 Å². The maximum absolute atomic E-state index is 12.7. The maximum Gasteiger partial charge on any atom is 0.416 e. The summed E-state index contributed by atoms with van der Waals surface area (Å²) in [5, 5.41) is 48.6. The van der Waals surface area contributed by atoms with Crippen LogP contribution in [0.2, 0.25) is 0 Å². The third kappa shape index (κ3) is 34.5. The smallest absolute Gasteiger partial charge is 0.416 e. The molecule has 0 atom stereocenters. The summed E-state index contributed by atoms with van der Waals surface area (Å²) in [5.41, 5.74) is -3.02. The quantitative estimate of drug-likeness (QED) is 0.0186. The predicted octanol–water partition coefficient (Wildman–Crippen LogP) is 28.1.